The van der Waals surface area contributed by atoms with Crippen molar-refractivity contribution < 1.29 is 4.74 Å². The number of nitriles is 1. The number of rotatable bonds is 4. The van der Waals surface area contributed by atoms with Crippen LogP contribution in [0.3, 0.4) is 0 Å². The van der Waals surface area contributed by atoms with Crippen LogP contribution in [0.25, 0.3) is 11.1 Å². The van der Waals surface area contributed by atoms with Crippen molar-refractivity contribution in [2.75, 3.05) is 7.11 Å². The number of ether oxygens (including phenoxy) is 1. The van der Waals surface area contributed by atoms with Crippen LogP contribution in [-0.2, 0) is 12.8 Å². The van der Waals surface area contributed by atoms with E-state index in [9.17, 15) is 0 Å². The van der Waals surface area contributed by atoms with E-state index in [1.165, 1.54) is 11.1 Å². The van der Waals surface area contributed by atoms with E-state index in [1.807, 2.05) is 18.2 Å². The summed E-state index contributed by atoms with van der Waals surface area (Å²) in [6.45, 7) is 2.15. The van der Waals surface area contributed by atoms with Gasteiger partial charge in [-0.15, -0.1) is 0 Å². The largest absolute Gasteiger partial charge is 0.496 e. The maximum Gasteiger partial charge on any atom is 0.123 e. The zero-order valence-corrected chi connectivity index (χ0v) is 11.3. The van der Waals surface area contributed by atoms with E-state index in [4.69, 9.17) is 10.00 Å². The lowest BCUT2D eigenvalue weighted by molar-refractivity contribution is 0.411. The Kier molecular flexibility index (Phi) is 4.20. The van der Waals surface area contributed by atoms with Gasteiger partial charge >= 0.3 is 0 Å². The van der Waals surface area contributed by atoms with Gasteiger partial charge in [-0.1, -0.05) is 43.3 Å². The maximum atomic E-state index is 8.78. The van der Waals surface area contributed by atoms with Gasteiger partial charge in [0.1, 0.15) is 5.75 Å². The maximum absolute atomic E-state index is 8.78. The molecule has 0 saturated heterocycles. The van der Waals surface area contributed by atoms with E-state index in [0.717, 1.165) is 23.3 Å². The third kappa shape index (κ3) is 2.95. The van der Waals surface area contributed by atoms with Crippen molar-refractivity contribution in [3.05, 3.63) is 53.6 Å². The minimum atomic E-state index is 0.373. The summed E-state index contributed by atoms with van der Waals surface area (Å²) in [5, 5.41) is 8.78. The SMILES string of the molecule is CCc1ccc(-c2ccc(CC#N)c(OC)c2)cc1. The summed E-state index contributed by atoms with van der Waals surface area (Å²) in [5.41, 5.74) is 4.54. The van der Waals surface area contributed by atoms with E-state index in [-0.39, 0.29) is 0 Å². The number of hydrogen-bond donors (Lipinski definition) is 0. The molecule has 0 fully saturated rings. The quantitative estimate of drug-likeness (QED) is 0.823. The molecule has 2 aromatic carbocycles. The van der Waals surface area contributed by atoms with Gasteiger partial charge in [-0.25, -0.2) is 0 Å². The van der Waals surface area contributed by atoms with Gasteiger partial charge < -0.3 is 4.74 Å². The number of methoxy groups -OCH3 is 1. The lowest BCUT2D eigenvalue weighted by Gasteiger charge is -2.09. The van der Waals surface area contributed by atoms with Crippen LogP contribution in [-0.4, -0.2) is 7.11 Å². The first kappa shape index (κ1) is 13.2. The monoisotopic (exact) mass is 251 g/mol. The van der Waals surface area contributed by atoms with Crippen molar-refractivity contribution in [2.45, 2.75) is 19.8 Å². The minimum Gasteiger partial charge on any atom is -0.496 e. The third-order valence-corrected chi connectivity index (χ3v) is 3.25. The molecule has 2 heteroatoms. The van der Waals surface area contributed by atoms with E-state index >= 15 is 0 Å². The van der Waals surface area contributed by atoms with Crippen molar-refractivity contribution >= 4 is 0 Å². The van der Waals surface area contributed by atoms with Crippen LogP contribution in [0.5, 0.6) is 5.75 Å². The smallest absolute Gasteiger partial charge is 0.123 e. The highest BCUT2D eigenvalue weighted by Gasteiger charge is 2.05. The van der Waals surface area contributed by atoms with Crippen LogP contribution >= 0.6 is 0 Å². The summed E-state index contributed by atoms with van der Waals surface area (Å²) >= 11 is 0. The average Bonchev–Trinajstić information content (AvgIpc) is 2.48. The first-order valence-electron chi connectivity index (χ1n) is 6.41. The summed E-state index contributed by atoms with van der Waals surface area (Å²) in [7, 11) is 1.64. The van der Waals surface area contributed by atoms with Crippen molar-refractivity contribution in [1.82, 2.24) is 0 Å². The summed E-state index contributed by atoms with van der Waals surface area (Å²) in [5.74, 6) is 0.776. The molecule has 0 heterocycles. The molecule has 0 aliphatic carbocycles. The number of nitrogens with zero attached hydrogens (tertiary/aromatic N) is 1. The molecule has 19 heavy (non-hydrogen) atoms. The highest BCUT2D eigenvalue weighted by atomic mass is 16.5. The van der Waals surface area contributed by atoms with Gasteiger partial charge in [0, 0.05) is 5.56 Å². The average molecular weight is 251 g/mol. The molecule has 0 radical (unpaired) electrons. The molecule has 2 nitrogen and oxygen atoms in total. The standard InChI is InChI=1S/C17H17NO/c1-3-13-4-6-14(7-5-13)16-9-8-15(10-11-18)17(12-16)19-2/h4-9,12H,3,10H2,1-2H3. The zero-order chi connectivity index (χ0) is 13.7. The fourth-order valence-electron chi connectivity index (χ4n) is 2.09. The molecule has 0 unspecified atom stereocenters. The topological polar surface area (TPSA) is 33.0 Å². The Balaban J connectivity index is 2.37. The zero-order valence-electron chi connectivity index (χ0n) is 11.3. The molecule has 0 aliphatic heterocycles. The second-order valence-electron chi connectivity index (χ2n) is 4.41. The molecule has 2 aromatic rings. The summed E-state index contributed by atoms with van der Waals surface area (Å²) in [4.78, 5) is 0. The van der Waals surface area contributed by atoms with E-state index < -0.39 is 0 Å². The first-order chi connectivity index (χ1) is 9.28. The Bertz CT molecular complexity index is 594. The van der Waals surface area contributed by atoms with Crippen LogP contribution in [0.1, 0.15) is 18.1 Å². The van der Waals surface area contributed by atoms with Crippen LogP contribution in [0.15, 0.2) is 42.5 Å². The van der Waals surface area contributed by atoms with Crippen LogP contribution in [0, 0.1) is 11.3 Å². The minimum absolute atomic E-state index is 0.373. The molecule has 2 rings (SSSR count). The Labute approximate surface area is 114 Å². The fraction of sp³-hybridized carbons (Fsp3) is 0.235. The molecule has 0 aromatic heterocycles. The predicted molar refractivity (Wildman–Crippen MR) is 77.1 cm³/mol. The number of aryl methyl sites for hydroxylation is 1. The third-order valence-electron chi connectivity index (χ3n) is 3.25. The Morgan fingerprint density at radius 1 is 1.05 bits per heavy atom. The number of hydrogen-bond acceptors (Lipinski definition) is 2. The highest BCUT2D eigenvalue weighted by molar-refractivity contribution is 5.66. The van der Waals surface area contributed by atoms with Gasteiger partial charge in [-0.2, -0.15) is 5.26 Å². The van der Waals surface area contributed by atoms with Crippen molar-refractivity contribution in [1.29, 1.82) is 5.26 Å². The Morgan fingerprint density at radius 3 is 2.32 bits per heavy atom. The molecule has 0 bridgehead atoms. The van der Waals surface area contributed by atoms with Crippen LogP contribution in [0.4, 0.5) is 0 Å². The normalized spacial score (nSPS) is 9.95. The van der Waals surface area contributed by atoms with Gasteiger partial charge in [0.05, 0.1) is 19.6 Å². The molecule has 0 spiro atoms. The van der Waals surface area contributed by atoms with Crippen LogP contribution in [0.2, 0.25) is 0 Å². The lowest BCUT2D eigenvalue weighted by atomic mass is 10.0. The van der Waals surface area contributed by atoms with Gasteiger partial charge in [-0.3, -0.25) is 0 Å². The fourth-order valence-corrected chi connectivity index (χ4v) is 2.09. The van der Waals surface area contributed by atoms with E-state index in [1.54, 1.807) is 7.11 Å². The molecule has 0 atom stereocenters. The van der Waals surface area contributed by atoms with Gasteiger partial charge in [0.25, 0.3) is 0 Å². The molecular weight excluding hydrogens is 234 g/mol. The molecule has 0 amide bonds. The molecule has 0 N–H and O–H groups in total. The van der Waals surface area contributed by atoms with Gasteiger partial charge in [0.15, 0.2) is 0 Å². The Hall–Kier alpha value is -2.27. The van der Waals surface area contributed by atoms with Gasteiger partial charge in [0.2, 0.25) is 0 Å². The lowest BCUT2D eigenvalue weighted by Crippen LogP contribution is -1.92. The summed E-state index contributed by atoms with van der Waals surface area (Å²) < 4.78 is 5.35. The second kappa shape index (κ2) is 6.06. The summed E-state index contributed by atoms with van der Waals surface area (Å²) in [6.07, 6.45) is 1.42. The Morgan fingerprint density at radius 2 is 1.74 bits per heavy atom. The second-order valence-corrected chi connectivity index (χ2v) is 4.41. The van der Waals surface area contributed by atoms with E-state index in [2.05, 4.69) is 37.3 Å². The van der Waals surface area contributed by atoms with Crippen LogP contribution < -0.4 is 4.74 Å². The molecular formula is C17H17NO. The molecule has 96 valence electrons. The van der Waals surface area contributed by atoms with E-state index in [0.29, 0.717) is 6.42 Å². The predicted octanol–water partition coefficient (Wildman–Crippen LogP) is 3.99. The van der Waals surface area contributed by atoms with Crippen molar-refractivity contribution in [3.63, 3.8) is 0 Å². The van der Waals surface area contributed by atoms with Crippen molar-refractivity contribution in [3.8, 4) is 22.9 Å². The molecule has 0 saturated carbocycles. The summed E-state index contributed by atoms with van der Waals surface area (Å²) in [6, 6.07) is 16.7. The first-order valence-corrected chi connectivity index (χ1v) is 6.41. The van der Waals surface area contributed by atoms with Gasteiger partial charge in [-0.05, 0) is 29.2 Å². The molecule has 0 aliphatic rings. The highest BCUT2D eigenvalue weighted by Crippen LogP contribution is 2.27. The number of benzene rings is 2. The van der Waals surface area contributed by atoms with Crippen molar-refractivity contribution in [2.24, 2.45) is 0 Å².